The first-order valence-electron chi connectivity index (χ1n) is 6.49. The second-order valence-corrected chi connectivity index (χ2v) is 5.05. The molecule has 2 aromatic rings. The lowest BCUT2D eigenvalue weighted by molar-refractivity contribution is 1.01. The van der Waals surface area contributed by atoms with Gasteiger partial charge in [0.05, 0.1) is 11.4 Å². The van der Waals surface area contributed by atoms with Crippen molar-refractivity contribution in [3.63, 3.8) is 0 Å². The topological polar surface area (TPSA) is 49.3 Å². The SMILES string of the molecule is CC/C(=N\NC(=S)Nc1cccc(Cl)c1)c1ccccn1. The summed E-state index contributed by atoms with van der Waals surface area (Å²) >= 11 is 11.1. The summed E-state index contributed by atoms with van der Waals surface area (Å²) in [5, 5.41) is 8.37. The number of thiocarbonyl (C=S) groups is 1. The van der Waals surface area contributed by atoms with Crippen LogP contribution >= 0.6 is 23.8 Å². The number of halogens is 1. The molecule has 0 radical (unpaired) electrons. The van der Waals surface area contributed by atoms with E-state index in [-0.39, 0.29) is 0 Å². The van der Waals surface area contributed by atoms with Gasteiger partial charge in [0.1, 0.15) is 0 Å². The molecule has 0 aliphatic rings. The van der Waals surface area contributed by atoms with Crippen LogP contribution in [-0.4, -0.2) is 15.8 Å². The number of nitrogens with zero attached hydrogens (tertiary/aromatic N) is 2. The van der Waals surface area contributed by atoms with Crippen molar-refractivity contribution in [3.8, 4) is 0 Å². The van der Waals surface area contributed by atoms with Gasteiger partial charge in [0.15, 0.2) is 5.11 Å². The predicted octanol–water partition coefficient (Wildman–Crippen LogP) is 3.84. The Labute approximate surface area is 134 Å². The molecule has 108 valence electrons. The van der Waals surface area contributed by atoms with E-state index in [1.54, 1.807) is 18.3 Å². The van der Waals surface area contributed by atoms with Gasteiger partial charge in [-0.25, -0.2) is 0 Å². The van der Waals surface area contributed by atoms with Gasteiger partial charge in [-0.15, -0.1) is 0 Å². The van der Waals surface area contributed by atoms with Crippen LogP contribution in [0.3, 0.4) is 0 Å². The van der Waals surface area contributed by atoms with Crippen LogP contribution in [0.2, 0.25) is 5.02 Å². The van der Waals surface area contributed by atoms with Crippen LogP contribution in [0.25, 0.3) is 0 Å². The molecule has 6 heteroatoms. The second kappa shape index (κ2) is 7.71. The Morgan fingerprint density at radius 2 is 2.14 bits per heavy atom. The van der Waals surface area contributed by atoms with Crippen LogP contribution in [0, 0.1) is 0 Å². The Morgan fingerprint density at radius 3 is 2.81 bits per heavy atom. The molecule has 0 saturated carbocycles. The summed E-state index contributed by atoms with van der Waals surface area (Å²) < 4.78 is 0. The van der Waals surface area contributed by atoms with E-state index in [0.717, 1.165) is 23.5 Å². The molecule has 0 fully saturated rings. The third kappa shape index (κ3) is 4.81. The van der Waals surface area contributed by atoms with Crippen LogP contribution < -0.4 is 10.7 Å². The lowest BCUT2D eigenvalue weighted by Crippen LogP contribution is -2.25. The average molecular weight is 319 g/mol. The lowest BCUT2D eigenvalue weighted by atomic mass is 10.2. The molecule has 0 unspecified atom stereocenters. The number of hydrazone groups is 1. The lowest BCUT2D eigenvalue weighted by Gasteiger charge is -2.09. The molecule has 2 rings (SSSR count). The molecule has 0 aliphatic heterocycles. The molecular weight excluding hydrogens is 304 g/mol. The van der Waals surface area contributed by atoms with Crippen LogP contribution in [-0.2, 0) is 0 Å². The van der Waals surface area contributed by atoms with Gasteiger partial charge in [-0.2, -0.15) is 5.10 Å². The Bertz CT molecular complexity index is 643. The molecule has 0 amide bonds. The first kappa shape index (κ1) is 15.4. The van der Waals surface area contributed by atoms with E-state index in [2.05, 4.69) is 20.8 Å². The van der Waals surface area contributed by atoms with Crippen molar-refractivity contribution in [2.24, 2.45) is 5.10 Å². The number of rotatable bonds is 4. The molecule has 0 atom stereocenters. The summed E-state index contributed by atoms with van der Waals surface area (Å²) in [5.74, 6) is 0. The highest BCUT2D eigenvalue weighted by atomic mass is 35.5. The minimum Gasteiger partial charge on any atom is -0.331 e. The molecule has 2 N–H and O–H groups in total. The van der Waals surface area contributed by atoms with E-state index < -0.39 is 0 Å². The van der Waals surface area contributed by atoms with E-state index in [1.807, 2.05) is 37.3 Å². The van der Waals surface area contributed by atoms with Crippen LogP contribution in [0.5, 0.6) is 0 Å². The molecule has 21 heavy (non-hydrogen) atoms. The maximum atomic E-state index is 5.92. The highest BCUT2D eigenvalue weighted by Gasteiger charge is 2.03. The van der Waals surface area contributed by atoms with E-state index in [4.69, 9.17) is 23.8 Å². The molecule has 1 aromatic carbocycles. The Morgan fingerprint density at radius 1 is 1.29 bits per heavy atom. The first-order valence-corrected chi connectivity index (χ1v) is 7.28. The quantitative estimate of drug-likeness (QED) is 0.511. The summed E-state index contributed by atoms with van der Waals surface area (Å²) in [7, 11) is 0. The van der Waals surface area contributed by atoms with Crippen molar-refractivity contribution in [2.75, 3.05) is 5.32 Å². The van der Waals surface area contributed by atoms with Gasteiger partial charge in [0, 0.05) is 16.9 Å². The number of pyridine rings is 1. The van der Waals surface area contributed by atoms with E-state index in [9.17, 15) is 0 Å². The van der Waals surface area contributed by atoms with Gasteiger partial charge in [-0.1, -0.05) is 30.7 Å². The number of aromatic nitrogens is 1. The molecular formula is C15H15ClN4S. The van der Waals surface area contributed by atoms with Gasteiger partial charge in [-0.3, -0.25) is 10.4 Å². The summed E-state index contributed by atoms with van der Waals surface area (Å²) in [6.07, 6.45) is 2.49. The maximum absolute atomic E-state index is 5.92. The molecule has 0 bridgehead atoms. The molecule has 0 saturated heterocycles. The smallest absolute Gasteiger partial charge is 0.191 e. The van der Waals surface area contributed by atoms with Crippen molar-refractivity contribution in [1.82, 2.24) is 10.4 Å². The van der Waals surface area contributed by atoms with E-state index in [1.165, 1.54) is 0 Å². The number of hydrogen-bond acceptors (Lipinski definition) is 3. The summed E-state index contributed by atoms with van der Waals surface area (Å²) in [5.41, 5.74) is 5.31. The number of benzene rings is 1. The van der Waals surface area contributed by atoms with Crippen molar-refractivity contribution in [2.45, 2.75) is 13.3 Å². The molecule has 1 heterocycles. The third-order valence-electron chi connectivity index (χ3n) is 2.67. The average Bonchev–Trinajstić information content (AvgIpc) is 2.49. The zero-order valence-corrected chi connectivity index (χ0v) is 13.1. The Kier molecular flexibility index (Phi) is 5.66. The van der Waals surface area contributed by atoms with Gasteiger partial charge in [0.2, 0.25) is 0 Å². The minimum atomic E-state index is 0.402. The van der Waals surface area contributed by atoms with Crippen LogP contribution in [0.15, 0.2) is 53.8 Å². The number of hydrogen-bond donors (Lipinski definition) is 2. The second-order valence-electron chi connectivity index (χ2n) is 4.20. The number of anilines is 1. The van der Waals surface area contributed by atoms with Crippen LogP contribution in [0.1, 0.15) is 19.0 Å². The maximum Gasteiger partial charge on any atom is 0.191 e. The fourth-order valence-electron chi connectivity index (χ4n) is 1.69. The van der Waals surface area contributed by atoms with Gasteiger partial charge in [-0.05, 0) is 49.0 Å². The zero-order chi connectivity index (χ0) is 15.1. The summed E-state index contributed by atoms with van der Waals surface area (Å²) in [6, 6.07) is 13.0. The largest absolute Gasteiger partial charge is 0.331 e. The van der Waals surface area contributed by atoms with E-state index >= 15 is 0 Å². The van der Waals surface area contributed by atoms with Crippen molar-refractivity contribution < 1.29 is 0 Å². The standard InChI is InChI=1S/C15H15ClN4S/c1-2-13(14-8-3-4-9-17-14)19-20-15(21)18-12-7-5-6-11(16)10-12/h3-10H,2H2,1H3,(H2,18,20,21)/b19-13+. The highest BCUT2D eigenvalue weighted by molar-refractivity contribution is 7.80. The van der Waals surface area contributed by atoms with Gasteiger partial charge < -0.3 is 5.32 Å². The molecule has 0 aliphatic carbocycles. The normalized spacial score (nSPS) is 11.0. The third-order valence-corrected chi connectivity index (χ3v) is 3.10. The molecule has 4 nitrogen and oxygen atoms in total. The zero-order valence-electron chi connectivity index (χ0n) is 11.5. The van der Waals surface area contributed by atoms with Crippen LogP contribution in [0.4, 0.5) is 5.69 Å². The predicted molar refractivity (Wildman–Crippen MR) is 91.9 cm³/mol. The monoisotopic (exact) mass is 318 g/mol. The van der Waals surface area contributed by atoms with E-state index in [0.29, 0.717) is 10.1 Å². The summed E-state index contributed by atoms with van der Waals surface area (Å²) in [4.78, 5) is 4.27. The minimum absolute atomic E-state index is 0.402. The van der Waals surface area contributed by atoms with Crippen molar-refractivity contribution >= 4 is 40.3 Å². The van der Waals surface area contributed by atoms with Crippen molar-refractivity contribution in [3.05, 3.63) is 59.4 Å². The Hall–Kier alpha value is -1.98. The highest BCUT2D eigenvalue weighted by Crippen LogP contribution is 2.14. The fourth-order valence-corrected chi connectivity index (χ4v) is 2.05. The Balaban J connectivity index is 2.00. The summed E-state index contributed by atoms with van der Waals surface area (Å²) in [6.45, 7) is 2.02. The number of nitrogens with one attached hydrogen (secondary N) is 2. The first-order chi connectivity index (χ1) is 10.2. The molecule has 0 spiro atoms. The van der Waals surface area contributed by atoms with Gasteiger partial charge in [0.25, 0.3) is 0 Å². The fraction of sp³-hybridized carbons (Fsp3) is 0.133. The van der Waals surface area contributed by atoms with Crippen molar-refractivity contribution in [1.29, 1.82) is 0 Å². The molecule has 1 aromatic heterocycles. The van der Waals surface area contributed by atoms with Gasteiger partial charge >= 0.3 is 0 Å².